The minimum atomic E-state index is 0.0259. The third kappa shape index (κ3) is 5.42. The van der Waals surface area contributed by atoms with Crippen LogP contribution in [0.5, 0.6) is 0 Å². The highest BCUT2D eigenvalue weighted by atomic mass is 16.5. The van der Waals surface area contributed by atoms with Gasteiger partial charge in [0.2, 0.25) is 0 Å². The molecule has 1 fully saturated rings. The molecule has 9 nitrogen and oxygen atoms in total. The van der Waals surface area contributed by atoms with Crippen molar-refractivity contribution in [2.75, 3.05) is 38.7 Å². The van der Waals surface area contributed by atoms with Gasteiger partial charge in [-0.25, -0.2) is 9.67 Å². The maximum atomic E-state index is 6.58. The normalized spacial score (nSPS) is 18.4. The number of nitrogens with two attached hydrogens (primary N) is 1. The van der Waals surface area contributed by atoms with Crippen LogP contribution < -0.4 is 11.1 Å². The number of rotatable bonds is 8. The number of likely N-dealkylation sites (tertiary alicyclic amines) is 1. The standard InChI is InChI=1S/C28H34N8O/c1-20-26(22-16-30-34(2)17-22)33-36(23-12-8-5-9-13-23)27(20)32-28(29)31-25-19-35(14-15-37-3)18-24(25)21-10-6-4-7-11-21/h4-13,16-17,24-25H,14-15,18-19H2,1-3H3,(H3,29,31,32)/t24-,25+/m0/s1. The van der Waals surface area contributed by atoms with E-state index in [9.17, 15) is 0 Å². The number of guanidine groups is 1. The number of para-hydroxylation sites is 1. The average Bonchev–Trinajstić information content (AvgIpc) is 3.61. The smallest absolute Gasteiger partial charge is 0.194 e. The molecule has 192 valence electrons. The summed E-state index contributed by atoms with van der Waals surface area (Å²) < 4.78 is 8.98. The highest BCUT2D eigenvalue weighted by molar-refractivity contribution is 5.93. The van der Waals surface area contributed by atoms with E-state index in [0.717, 1.165) is 48.0 Å². The predicted molar refractivity (Wildman–Crippen MR) is 147 cm³/mol. The summed E-state index contributed by atoms with van der Waals surface area (Å²) in [5, 5.41) is 12.6. The number of aliphatic imine (C=N–C) groups is 1. The minimum absolute atomic E-state index is 0.0259. The van der Waals surface area contributed by atoms with Crippen LogP contribution in [0.4, 0.5) is 5.82 Å². The van der Waals surface area contributed by atoms with Crippen molar-refractivity contribution in [3.8, 4) is 16.9 Å². The van der Waals surface area contributed by atoms with Gasteiger partial charge in [-0.2, -0.15) is 10.2 Å². The lowest BCUT2D eigenvalue weighted by molar-refractivity contribution is 0.160. The van der Waals surface area contributed by atoms with Crippen LogP contribution in [0, 0.1) is 6.92 Å². The van der Waals surface area contributed by atoms with Gasteiger partial charge in [-0.1, -0.05) is 48.5 Å². The zero-order valence-corrected chi connectivity index (χ0v) is 21.6. The Kier molecular flexibility index (Phi) is 7.34. The second kappa shape index (κ2) is 11.0. The Bertz CT molecular complexity index is 1350. The molecule has 9 heteroatoms. The summed E-state index contributed by atoms with van der Waals surface area (Å²) in [5.74, 6) is 1.42. The van der Waals surface area contributed by atoms with Crippen molar-refractivity contribution in [3.63, 3.8) is 0 Å². The van der Waals surface area contributed by atoms with Gasteiger partial charge in [0, 0.05) is 57.0 Å². The van der Waals surface area contributed by atoms with E-state index >= 15 is 0 Å². The van der Waals surface area contributed by atoms with E-state index in [4.69, 9.17) is 20.6 Å². The SMILES string of the molecule is COCCN1C[C@@H](N=C(N)Nc2c(C)c(-c3cnn(C)c3)nn2-c2ccccc2)[C@H](c2ccccc2)C1. The number of benzene rings is 2. The van der Waals surface area contributed by atoms with Gasteiger partial charge in [-0.05, 0) is 24.6 Å². The van der Waals surface area contributed by atoms with E-state index < -0.39 is 0 Å². The highest BCUT2D eigenvalue weighted by Crippen LogP contribution is 2.32. The van der Waals surface area contributed by atoms with Crippen LogP contribution >= 0.6 is 0 Å². The van der Waals surface area contributed by atoms with E-state index in [1.807, 2.05) is 67.4 Å². The van der Waals surface area contributed by atoms with E-state index in [-0.39, 0.29) is 12.0 Å². The summed E-state index contributed by atoms with van der Waals surface area (Å²) in [6.07, 6.45) is 3.78. The topological polar surface area (TPSA) is 98.5 Å². The van der Waals surface area contributed by atoms with E-state index in [1.54, 1.807) is 11.8 Å². The van der Waals surface area contributed by atoms with Crippen LogP contribution in [0.15, 0.2) is 78.0 Å². The summed E-state index contributed by atoms with van der Waals surface area (Å²) in [5.41, 5.74) is 11.6. The molecule has 2 atom stereocenters. The first-order valence-corrected chi connectivity index (χ1v) is 12.5. The monoisotopic (exact) mass is 498 g/mol. The van der Waals surface area contributed by atoms with Crippen molar-refractivity contribution in [3.05, 3.63) is 84.2 Å². The minimum Gasteiger partial charge on any atom is -0.383 e. The first-order valence-electron chi connectivity index (χ1n) is 12.5. The Labute approximate surface area is 217 Å². The molecule has 0 radical (unpaired) electrons. The third-order valence-corrected chi connectivity index (χ3v) is 6.86. The van der Waals surface area contributed by atoms with Gasteiger partial charge in [0.1, 0.15) is 11.5 Å². The second-order valence-corrected chi connectivity index (χ2v) is 9.45. The molecule has 3 N–H and O–H groups in total. The third-order valence-electron chi connectivity index (χ3n) is 6.86. The Balaban J connectivity index is 1.47. The molecule has 0 spiro atoms. The van der Waals surface area contributed by atoms with Crippen LogP contribution in [-0.2, 0) is 11.8 Å². The molecule has 1 aliphatic heterocycles. The molecule has 0 saturated carbocycles. The number of aryl methyl sites for hydroxylation is 1. The van der Waals surface area contributed by atoms with Crippen LogP contribution in [-0.4, -0.2) is 69.8 Å². The molecule has 0 amide bonds. The van der Waals surface area contributed by atoms with E-state index in [2.05, 4.69) is 39.6 Å². The van der Waals surface area contributed by atoms with Gasteiger partial charge in [0.15, 0.2) is 5.96 Å². The van der Waals surface area contributed by atoms with Gasteiger partial charge in [0.25, 0.3) is 0 Å². The van der Waals surface area contributed by atoms with Crippen LogP contribution in [0.1, 0.15) is 17.0 Å². The Morgan fingerprint density at radius 1 is 1.11 bits per heavy atom. The van der Waals surface area contributed by atoms with Gasteiger partial charge >= 0.3 is 0 Å². The molecule has 2 aromatic heterocycles. The highest BCUT2D eigenvalue weighted by Gasteiger charge is 2.33. The van der Waals surface area contributed by atoms with Gasteiger partial charge < -0.3 is 15.8 Å². The lowest BCUT2D eigenvalue weighted by Gasteiger charge is -2.17. The van der Waals surface area contributed by atoms with Crippen molar-refractivity contribution >= 4 is 11.8 Å². The molecule has 3 heterocycles. The lowest BCUT2D eigenvalue weighted by atomic mass is 9.95. The fourth-order valence-electron chi connectivity index (χ4n) is 4.98. The number of nitrogens with one attached hydrogen (secondary N) is 1. The summed E-state index contributed by atoms with van der Waals surface area (Å²) >= 11 is 0. The van der Waals surface area contributed by atoms with E-state index in [1.165, 1.54) is 5.56 Å². The van der Waals surface area contributed by atoms with Crippen molar-refractivity contribution in [2.45, 2.75) is 18.9 Å². The van der Waals surface area contributed by atoms with Crippen molar-refractivity contribution in [1.82, 2.24) is 24.5 Å². The Morgan fingerprint density at radius 2 is 1.84 bits per heavy atom. The van der Waals surface area contributed by atoms with Gasteiger partial charge in [-0.3, -0.25) is 9.58 Å². The molecule has 2 aromatic carbocycles. The number of aromatic nitrogens is 4. The molecule has 1 saturated heterocycles. The Hall–Kier alpha value is -3.95. The van der Waals surface area contributed by atoms with Gasteiger partial charge in [0.05, 0.1) is 24.5 Å². The first-order chi connectivity index (χ1) is 18.0. The fourth-order valence-corrected chi connectivity index (χ4v) is 4.98. The zero-order valence-electron chi connectivity index (χ0n) is 21.6. The molecule has 5 rings (SSSR count). The number of anilines is 1. The van der Waals surface area contributed by atoms with Crippen molar-refractivity contribution in [1.29, 1.82) is 0 Å². The van der Waals surface area contributed by atoms with Gasteiger partial charge in [-0.15, -0.1) is 0 Å². The zero-order chi connectivity index (χ0) is 25.8. The maximum Gasteiger partial charge on any atom is 0.194 e. The molecule has 1 aliphatic rings. The van der Waals surface area contributed by atoms with Crippen molar-refractivity contribution < 1.29 is 4.74 Å². The maximum absolute atomic E-state index is 6.58. The molecule has 37 heavy (non-hydrogen) atoms. The average molecular weight is 499 g/mol. The van der Waals surface area contributed by atoms with Crippen molar-refractivity contribution in [2.24, 2.45) is 17.8 Å². The summed E-state index contributed by atoms with van der Waals surface area (Å²) in [7, 11) is 3.64. The second-order valence-electron chi connectivity index (χ2n) is 9.45. The molecular formula is C28H34N8O. The summed E-state index contributed by atoms with van der Waals surface area (Å²) in [6.45, 7) is 5.34. The number of hydrogen-bond donors (Lipinski definition) is 2. The molecular weight excluding hydrogens is 464 g/mol. The number of nitrogens with zero attached hydrogens (tertiary/aromatic N) is 6. The van der Waals surface area contributed by atoms with Crippen LogP contribution in [0.3, 0.4) is 0 Å². The number of hydrogen-bond acceptors (Lipinski definition) is 5. The fraction of sp³-hybridized carbons (Fsp3) is 0.321. The number of ether oxygens (including phenoxy) is 1. The molecule has 4 aromatic rings. The quantitative estimate of drug-likeness (QED) is 0.285. The van der Waals surface area contributed by atoms with E-state index in [0.29, 0.717) is 12.6 Å². The molecule has 0 unspecified atom stereocenters. The summed E-state index contributed by atoms with van der Waals surface area (Å²) in [4.78, 5) is 7.38. The predicted octanol–water partition coefficient (Wildman–Crippen LogP) is 3.42. The van der Waals surface area contributed by atoms with Crippen LogP contribution in [0.2, 0.25) is 0 Å². The molecule has 0 aliphatic carbocycles. The molecule has 0 bridgehead atoms. The van der Waals surface area contributed by atoms with Crippen LogP contribution in [0.25, 0.3) is 16.9 Å². The Morgan fingerprint density at radius 3 is 2.51 bits per heavy atom. The number of methoxy groups -OCH3 is 1. The summed E-state index contributed by atoms with van der Waals surface area (Å²) in [6, 6.07) is 20.6. The first kappa shape index (κ1) is 24.7. The largest absolute Gasteiger partial charge is 0.383 e. The lowest BCUT2D eigenvalue weighted by Crippen LogP contribution is -2.29.